The molecule has 1 fully saturated rings. The molecule has 0 saturated carbocycles. The Labute approximate surface area is 176 Å². The molecule has 29 heavy (non-hydrogen) atoms. The van der Waals surface area contributed by atoms with Crippen molar-refractivity contribution >= 4 is 27.0 Å². The van der Waals surface area contributed by atoms with Gasteiger partial charge in [-0.1, -0.05) is 24.0 Å². The van der Waals surface area contributed by atoms with Gasteiger partial charge in [0.05, 0.1) is 11.3 Å². The van der Waals surface area contributed by atoms with Crippen molar-refractivity contribution in [2.24, 2.45) is 0 Å². The van der Waals surface area contributed by atoms with Crippen LogP contribution in [0.2, 0.25) is 0 Å². The number of rotatable bonds is 4. The van der Waals surface area contributed by atoms with Crippen LogP contribution in [0.1, 0.15) is 31.9 Å². The summed E-state index contributed by atoms with van der Waals surface area (Å²) in [6.07, 6.45) is -0.763. The van der Waals surface area contributed by atoms with Gasteiger partial charge in [-0.3, -0.25) is 0 Å². The molecule has 1 aromatic heterocycles. The van der Waals surface area contributed by atoms with Crippen molar-refractivity contribution in [1.29, 1.82) is 0 Å². The summed E-state index contributed by atoms with van der Waals surface area (Å²) in [6.45, 7) is 6.87. The number of sulfonamides is 1. The second-order valence-corrected chi connectivity index (χ2v) is 10.7. The van der Waals surface area contributed by atoms with Crippen LogP contribution in [0.4, 0.5) is 5.69 Å². The molecule has 2 heterocycles. The fourth-order valence-electron chi connectivity index (χ4n) is 3.18. The van der Waals surface area contributed by atoms with Crippen LogP contribution in [0, 0.1) is 11.8 Å². The molecule has 0 aliphatic carbocycles. The molecule has 0 bridgehead atoms. The van der Waals surface area contributed by atoms with Crippen LogP contribution in [-0.4, -0.2) is 55.2 Å². The third kappa shape index (κ3) is 5.00. The lowest BCUT2D eigenvalue weighted by Gasteiger charge is -2.36. The Morgan fingerprint density at radius 3 is 2.41 bits per heavy atom. The quantitative estimate of drug-likeness (QED) is 0.722. The first kappa shape index (κ1) is 21.8. The molecule has 0 unspecified atom stereocenters. The molecule has 1 aromatic carbocycles. The standard InChI is InChI=1S/C21H26N2O4S2/c1-16(24)6-7-17-15-18(21(2,3)25)8-9-19(17)22-10-12-23(13-11-22)29(26,27)20-5-4-14-28-20/h4-5,8-9,14-16,24-25H,10-13H2,1-3H3/t16-/m0/s1. The van der Waals surface area contributed by atoms with E-state index in [1.54, 1.807) is 38.3 Å². The maximum atomic E-state index is 12.7. The Kier molecular flexibility index (Phi) is 6.36. The zero-order chi connectivity index (χ0) is 21.2. The van der Waals surface area contributed by atoms with Gasteiger partial charge in [0.1, 0.15) is 10.3 Å². The second-order valence-electron chi connectivity index (χ2n) is 7.56. The maximum Gasteiger partial charge on any atom is 0.252 e. The number of hydrogen-bond acceptors (Lipinski definition) is 6. The number of aliphatic hydroxyl groups is 2. The van der Waals surface area contributed by atoms with Crippen LogP contribution in [0.15, 0.2) is 39.9 Å². The zero-order valence-electron chi connectivity index (χ0n) is 16.8. The van der Waals surface area contributed by atoms with Gasteiger partial charge in [-0.05, 0) is 49.9 Å². The molecule has 8 heteroatoms. The fraction of sp³-hybridized carbons (Fsp3) is 0.429. The zero-order valence-corrected chi connectivity index (χ0v) is 18.4. The van der Waals surface area contributed by atoms with Crippen molar-refractivity contribution < 1.29 is 18.6 Å². The Hall–Kier alpha value is -1.89. The summed E-state index contributed by atoms with van der Waals surface area (Å²) in [7, 11) is -3.45. The van der Waals surface area contributed by atoms with Crippen molar-refractivity contribution in [3.8, 4) is 11.8 Å². The molecule has 1 aliphatic heterocycles. The molecular formula is C21H26N2O4S2. The smallest absolute Gasteiger partial charge is 0.252 e. The lowest BCUT2D eigenvalue weighted by atomic mass is 9.95. The van der Waals surface area contributed by atoms with Gasteiger partial charge >= 0.3 is 0 Å². The highest BCUT2D eigenvalue weighted by Gasteiger charge is 2.30. The number of piperazine rings is 1. The molecule has 6 nitrogen and oxygen atoms in total. The first-order chi connectivity index (χ1) is 13.6. The highest BCUT2D eigenvalue weighted by Crippen LogP contribution is 2.29. The van der Waals surface area contributed by atoms with E-state index in [2.05, 4.69) is 16.7 Å². The minimum atomic E-state index is -3.45. The van der Waals surface area contributed by atoms with Gasteiger partial charge in [-0.25, -0.2) is 8.42 Å². The molecule has 0 spiro atoms. The van der Waals surface area contributed by atoms with Crippen LogP contribution in [0.5, 0.6) is 0 Å². The molecule has 2 aromatic rings. The second kappa shape index (κ2) is 8.46. The average Bonchev–Trinajstić information content (AvgIpc) is 3.21. The van der Waals surface area contributed by atoms with E-state index >= 15 is 0 Å². The highest BCUT2D eigenvalue weighted by atomic mass is 32.2. The molecule has 156 valence electrons. The van der Waals surface area contributed by atoms with E-state index in [1.165, 1.54) is 15.6 Å². The average molecular weight is 435 g/mol. The van der Waals surface area contributed by atoms with Gasteiger partial charge in [-0.15, -0.1) is 11.3 Å². The first-order valence-corrected chi connectivity index (χ1v) is 11.8. The van der Waals surface area contributed by atoms with Crippen molar-refractivity contribution in [3.05, 3.63) is 46.8 Å². The van der Waals surface area contributed by atoms with Crippen LogP contribution in [0.25, 0.3) is 0 Å². The monoisotopic (exact) mass is 434 g/mol. The summed E-state index contributed by atoms with van der Waals surface area (Å²) in [6, 6.07) is 8.97. The molecule has 1 aliphatic rings. The predicted molar refractivity (Wildman–Crippen MR) is 116 cm³/mol. The maximum absolute atomic E-state index is 12.7. The summed E-state index contributed by atoms with van der Waals surface area (Å²) in [5.74, 6) is 5.77. The topological polar surface area (TPSA) is 81.1 Å². The molecule has 0 radical (unpaired) electrons. The number of hydrogen-bond donors (Lipinski definition) is 2. The van der Waals surface area contributed by atoms with Crippen LogP contribution in [-0.2, 0) is 15.6 Å². The van der Waals surface area contributed by atoms with Crippen molar-refractivity contribution in [2.75, 3.05) is 31.1 Å². The summed E-state index contributed by atoms with van der Waals surface area (Å²) >= 11 is 1.23. The molecule has 3 rings (SSSR count). The van der Waals surface area contributed by atoms with Crippen molar-refractivity contribution in [1.82, 2.24) is 4.31 Å². The normalized spacial score (nSPS) is 16.9. The van der Waals surface area contributed by atoms with Gasteiger partial charge in [0.25, 0.3) is 10.0 Å². The molecule has 1 atom stereocenters. The van der Waals surface area contributed by atoms with E-state index in [0.717, 1.165) is 11.3 Å². The van der Waals surface area contributed by atoms with Crippen LogP contribution in [0.3, 0.4) is 0 Å². The SMILES string of the molecule is C[C@H](O)C#Cc1cc(C(C)(C)O)ccc1N1CCN(S(=O)(=O)c2cccs2)CC1. The lowest BCUT2D eigenvalue weighted by Crippen LogP contribution is -2.48. The van der Waals surface area contributed by atoms with E-state index in [0.29, 0.717) is 36.0 Å². The molecule has 0 amide bonds. The van der Waals surface area contributed by atoms with E-state index < -0.39 is 21.7 Å². The number of benzene rings is 1. The number of aliphatic hydroxyl groups excluding tert-OH is 1. The van der Waals surface area contributed by atoms with Gasteiger partial charge in [-0.2, -0.15) is 4.31 Å². The molecule has 2 N–H and O–H groups in total. The van der Waals surface area contributed by atoms with E-state index in [4.69, 9.17) is 0 Å². The van der Waals surface area contributed by atoms with Crippen LogP contribution < -0.4 is 4.90 Å². The molecular weight excluding hydrogens is 408 g/mol. The Balaban J connectivity index is 1.84. The Morgan fingerprint density at radius 2 is 1.86 bits per heavy atom. The Bertz CT molecular complexity index is 1010. The third-order valence-corrected chi connectivity index (χ3v) is 8.06. The van der Waals surface area contributed by atoms with E-state index in [-0.39, 0.29) is 0 Å². The van der Waals surface area contributed by atoms with Crippen LogP contribution >= 0.6 is 11.3 Å². The summed E-state index contributed by atoms with van der Waals surface area (Å²) in [4.78, 5) is 2.10. The van der Waals surface area contributed by atoms with E-state index in [1.807, 2.05) is 18.2 Å². The summed E-state index contributed by atoms with van der Waals surface area (Å²) in [5, 5.41) is 21.6. The van der Waals surface area contributed by atoms with Gasteiger partial charge in [0.2, 0.25) is 0 Å². The third-order valence-electron chi connectivity index (χ3n) is 4.79. The number of nitrogens with zero attached hydrogens (tertiary/aromatic N) is 2. The Morgan fingerprint density at radius 1 is 1.17 bits per heavy atom. The molecule has 1 saturated heterocycles. The minimum absolute atomic E-state index is 0.365. The van der Waals surface area contributed by atoms with Gasteiger partial charge in [0.15, 0.2) is 0 Å². The van der Waals surface area contributed by atoms with Crippen molar-refractivity contribution in [3.63, 3.8) is 0 Å². The highest BCUT2D eigenvalue weighted by molar-refractivity contribution is 7.91. The van der Waals surface area contributed by atoms with Gasteiger partial charge in [0, 0.05) is 31.7 Å². The minimum Gasteiger partial charge on any atom is -0.386 e. The first-order valence-electron chi connectivity index (χ1n) is 9.44. The summed E-state index contributed by atoms with van der Waals surface area (Å²) < 4.78 is 27.3. The van der Waals surface area contributed by atoms with Crippen molar-refractivity contribution in [2.45, 2.75) is 36.7 Å². The van der Waals surface area contributed by atoms with Gasteiger partial charge < -0.3 is 15.1 Å². The number of thiophene rings is 1. The largest absolute Gasteiger partial charge is 0.386 e. The predicted octanol–water partition coefficient (Wildman–Crippen LogP) is 2.22. The number of anilines is 1. The lowest BCUT2D eigenvalue weighted by molar-refractivity contribution is 0.0786. The summed E-state index contributed by atoms with van der Waals surface area (Å²) in [5.41, 5.74) is 1.31. The fourth-order valence-corrected chi connectivity index (χ4v) is 5.75. The van der Waals surface area contributed by atoms with E-state index in [9.17, 15) is 18.6 Å².